The number of piperidine rings is 1. The summed E-state index contributed by atoms with van der Waals surface area (Å²) in [6, 6.07) is 7.79. The molecule has 0 aliphatic carbocycles. The Balaban J connectivity index is 1.46. The standard InChI is InChI=1S/C20H26N6O/c1-16-15-17(19(27)25-9-5-2-6-10-25)23-20(22-16)26-13-11-24(12-14-26)18-7-3-4-8-21-18/h3-4,7-8,15H,2,5-6,9-14H2,1H3. The monoisotopic (exact) mass is 366 g/mol. The highest BCUT2D eigenvalue weighted by Crippen LogP contribution is 2.18. The number of rotatable bonds is 3. The first-order chi connectivity index (χ1) is 13.2. The molecule has 0 aromatic carbocycles. The lowest BCUT2D eigenvalue weighted by Gasteiger charge is -2.35. The second-order valence-corrected chi connectivity index (χ2v) is 7.21. The van der Waals surface area contributed by atoms with Crippen molar-refractivity contribution < 1.29 is 4.79 Å². The van der Waals surface area contributed by atoms with Crippen LogP contribution in [0.15, 0.2) is 30.5 Å². The molecule has 0 radical (unpaired) electrons. The second kappa shape index (κ2) is 7.90. The van der Waals surface area contributed by atoms with Gasteiger partial charge in [-0.1, -0.05) is 6.07 Å². The zero-order valence-corrected chi connectivity index (χ0v) is 15.8. The summed E-state index contributed by atoms with van der Waals surface area (Å²) in [6.07, 6.45) is 5.19. The van der Waals surface area contributed by atoms with Crippen LogP contribution in [-0.4, -0.2) is 65.0 Å². The fourth-order valence-electron chi connectivity index (χ4n) is 3.74. The van der Waals surface area contributed by atoms with Crippen LogP contribution < -0.4 is 9.80 Å². The van der Waals surface area contributed by atoms with Crippen molar-refractivity contribution in [1.82, 2.24) is 19.9 Å². The summed E-state index contributed by atoms with van der Waals surface area (Å²) in [5.41, 5.74) is 1.36. The van der Waals surface area contributed by atoms with E-state index in [0.717, 1.165) is 63.6 Å². The van der Waals surface area contributed by atoms with Crippen LogP contribution in [-0.2, 0) is 0 Å². The van der Waals surface area contributed by atoms with Crippen molar-refractivity contribution in [2.45, 2.75) is 26.2 Å². The SMILES string of the molecule is Cc1cc(C(=O)N2CCCCC2)nc(N2CCN(c3ccccn3)CC2)n1. The molecule has 7 nitrogen and oxygen atoms in total. The van der Waals surface area contributed by atoms with Gasteiger partial charge < -0.3 is 14.7 Å². The van der Waals surface area contributed by atoms with E-state index >= 15 is 0 Å². The molecule has 2 aliphatic rings. The van der Waals surface area contributed by atoms with Crippen molar-refractivity contribution in [3.8, 4) is 0 Å². The first-order valence-corrected chi connectivity index (χ1v) is 9.76. The zero-order chi connectivity index (χ0) is 18.6. The molecule has 0 N–H and O–H groups in total. The number of pyridine rings is 1. The Kier molecular flexibility index (Phi) is 5.18. The molecular weight excluding hydrogens is 340 g/mol. The molecular formula is C20H26N6O. The summed E-state index contributed by atoms with van der Waals surface area (Å²) in [7, 11) is 0. The minimum atomic E-state index is 0.0357. The summed E-state index contributed by atoms with van der Waals surface area (Å²) in [6.45, 7) is 6.96. The smallest absolute Gasteiger partial charge is 0.272 e. The molecule has 0 saturated carbocycles. The summed E-state index contributed by atoms with van der Waals surface area (Å²) in [5, 5.41) is 0. The van der Waals surface area contributed by atoms with Gasteiger partial charge in [-0.2, -0.15) is 0 Å². The van der Waals surface area contributed by atoms with Gasteiger partial charge in [-0.25, -0.2) is 15.0 Å². The van der Waals surface area contributed by atoms with Gasteiger partial charge in [0, 0.05) is 51.2 Å². The highest BCUT2D eigenvalue weighted by Gasteiger charge is 2.24. The first kappa shape index (κ1) is 17.7. The van der Waals surface area contributed by atoms with Crippen molar-refractivity contribution in [2.24, 2.45) is 0 Å². The topological polar surface area (TPSA) is 65.5 Å². The molecule has 2 saturated heterocycles. The maximum atomic E-state index is 12.8. The van der Waals surface area contributed by atoms with E-state index in [-0.39, 0.29) is 5.91 Å². The lowest BCUT2D eigenvalue weighted by atomic mass is 10.1. The van der Waals surface area contributed by atoms with E-state index < -0.39 is 0 Å². The summed E-state index contributed by atoms with van der Waals surface area (Å²) < 4.78 is 0. The molecule has 0 bridgehead atoms. The molecule has 2 aliphatic heterocycles. The van der Waals surface area contributed by atoms with E-state index in [4.69, 9.17) is 0 Å². The van der Waals surface area contributed by atoms with Crippen LogP contribution in [0.1, 0.15) is 35.4 Å². The molecule has 2 aromatic rings. The largest absolute Gasteiger partial charge is 0.353 e. The number of carbonyl (C=O) groups excluding carboxylic acids is 1. The molecule has 0 spiro atoms. The van der Waals surface area contributed by atoms with Crippen molar-refractivity contribution in [3.05, 3.63) is 41.9 Å². The Hall–Kier alpha value is -2.70. The highest BCUT2D eigenvalue weighted by molar-refractivity contribution is 5.92. The van der Waals surface area contributed by atoms with E-state index in [9.17, 15) is 4.79 Å². The van der Waals surface area contributed by atoms with Crippen molar-refractivity contribution >= 4 is 17.7 Å². The van der Waals surface area contributed by atoms with E-state index in [2.05, 4.69) is 24.8 Å². The fourth-order valence-corrected chi connectivity index (χ4v) is 3.74. The summed E-state index contributed by atoms with van der Waals surface area (Å²) in [4.78, 5) is 32.8. The number of anilines is 2. The Labute approximate surface area is 160 Å². The van der Waals surface area contributed by atoms with Crippen LogP contribution in [0.3, 0.4) is 0 Å². The molecule has 0 atom stereocenters. The number of hydrogen-bond acceptors (Lipinski definition) is 6. The van der Waals surface area contributed by atoms with Crippen LogP contribution in [0.5, 0.6) is 0 Å². The molecule has 142 valence electrons. The Morgan fingerprint density at radius 3 is 2.37 bits per heavy atom. The quantitative estimate of drug-likeness (QED) is 0.829. The highest BCUT2D eigenvalue weighted by atomic mass is 16.2. The van der Waals surface area contributed by atoms with Crippen LogP contribution in [0.25, 0.3) is 0 Å². The van der Waals surface area contributed by atoms with Gasteiger partial charge in [0.25, 0.3) is 5.91 Å². The Morgan fingerprint density at radius 2 is 1.67 bits per heavy atom. The van der Waals surface area contributed by atoms with Gasteiger partial charge in [-0.15, -0.1) is 0 Å². The van der Waals surface area contributed by atoms with Gasteiger partial charge in [-0.05, 0) is 44.4 Å². The second-order valence-electron chi connectivity index (χ2n) is 7.21. The maximum Gasteiger partial charge on any atom is 0.272 e. The molecule has 4 rings (SSSR count). The number of likely N-dealkylation sites (tertiary alicyclic amines) is 1. The molecule has 7 heteroatoms. The molecule has 27 heavy (non-hydrogen) atoms. The van der Waals surface area contributed by atoms with Crippen molar-refractivity contribution in [3.63, 3.8) is 0 Å². The number of carbonyl (C=O) groups is 1. The normalized spacial score (nSPS) is 17.9. The lowest BCUT2D eigenvalue weighted by molar-refractivity contribution is 0.0718. The molecule has 4 heterocycles. The number of aryl methyl sites for hydroxylation is 1. The Morgan fingerprint density at radius 1 is 0.926 bits per heavy atom. The summed E-state index contributed by atoms with van der Waals surface area (Å²) in [5.74, 6) is 1.70. The molecule has 2 fully saturated rings. The van der Waals surface area contributed by atoms with Gasteiger partial charge in [0.1, 0.15) is 11.5 Å². The van der Waals surface area contributed by atoms with Crippen LogP contribution in [0, 0.1) is 6.92 Å². The van der Waals surface area contributed by atoms with Crippen LogP contribution >= 0.6 is 0 Å². The number of amides is 1. The maximum absolute atomic E-state index is 12.8. The van der Waals surface area contributed by atoms with Crippen LogP contribution in [0.4, 0.5) is 11.8 Å². The van der Waals surface area contributed by atoms with Gasteiger partial charge in [0.05, 0.1) is 0 Å². The van der Waals surface area contributed by atoms with Gasteiger partial charge in [0.15, 0.2) is 0 Å². The number of nitrogens with zero attached hydrogens (tertiary/aromatic N) is 6. The predicted molar refractivity (Wildman–Crippen MR) is 105 cm³/mol. The van der Waals surface area contributed by atoms with E-state index in [1.165, 1.54) is 6.42 Å². The fraction of sp³-hybridized carbons (Fsp3) is 0.500. The predicted octanol–water partition coefficient (Wildman–Crippen LogP) is 2.13. The number of aromatic nitrogens is 3. The zero-order valence-electron chi connectivity index (χ0n) is 15.8. The molecule has 2 aromatic heterocycles. The molecule has 1 amide bonds. The van der Waals surface area contributed by atoms with Crippen LogP contribution in [0.2, 0.25) is 0 Å². The third-order valence-corrected chi connectivity index (χ3v) is 5.24. The minimum absolute atomic E-state index is 0.0357. The van der Waals surface area contributed by atoms with Gasteiger partial charge >= 0.3 is 0 Å². The summed E-state index contributed by atoms with van der Waals surface area (Å²) >= 11 is 0. The third-order valence-electron chi connectivity index (χ3n) is 5.24. The minimum Gasteiger partial charge on any atom is -0.353 e. The van der Waals surface area contributed by atoms with E-state index in [1.54, 1.807) is 0 Å². The average molecular weight is 366 g/mol. The van der Waals surface area contributed by atoms with E-state index in [0.29, 0.717) is 11.6 Å². The van der Waals surface area contributed by atoms with Crippen molar-refractivity contribution in [1.29, 1.82) is 0 Å². The average Bonchev–Trinajstić information content (AvgIpc) is 2.74. The number of hydrogen-bond donors (Lipinski definition) is 0. The van der Waals surface area contributed by atoms with E-state index in [1.807, 2.05) is 42.3 Å². The van der Waals surface area contributed by atoms with Gasteiger partial charge in [-0.3, -0.25) is 4.79 Å². The lowest BCUT2D eigenvalue weighted by Crippen LogP contribution is -2.47. The van der Waals surface area contributed by atoms with Crippen molar-refractivity contribution in [2.75, 3.05) is 49.1 Å². The first-order valence-electron chi connectivity index (χ1n) is 9.76. The molecule has 0 unspecified atom stereocenters. The third kappa shape index (κ3) is 4.02. The van der Waals surface area contributed by atoms with Gasteiger partial charge in [0.2, 0.25) is 5.95 Å². The number of piperazine rings is 1. The Bertz CT molecular complexity index is 782.